The Hall–Kier alpha value is -1.10. The summed E-state index contributed by atoms with van der Waals surface area (Å²) in [4.78, 5) is 23.2. The molecule has 2 N–H and O–H groups in total. The van der Waals surface area contributed by atoms with Crippen molar-refractivity contribution in [3.05, 3.63) is 0 Å². The molecule has 1 aliphatic heterocycles. The topological polar surface area (TPSA) is 75.6 Å². The van der Waals surface area contributed by atoms with Crippen molar-refractivity contribution in [1.29, 1.82) is 0 Å². The van der Waals surface area contributed by atoms with E-state index in [9.17, 15) is 9.59 Å². The van der Waals surface area contributed by atoms with Gasteiger partial charge < -0.3 is 15.2 Å². The highest BCUT2D eigenvalue weighted by atomic mass is 16.5. The highest BCUT2D eigenvalue weighted by Crippen LogP contribution is 2.25. The Morgan fingerprint density at radius 3 is 2.42 bits per heavy atom. The minimum absolute atomic E-state index is 0.0551. The molecule has 0 bridgehead atoms. The average molecular weight is 271 g/mol. The van der Waals surface area contributed by atoms with E-state index in [0.717, 1.165) is 12.8 Å². The number of amides is 1. The van der Waals surface area contributed by atoms with Gasteiger partial charge in [-0.25, -0.2) is 0 Å². The maximum Gasteiger partial charge on any atom is 0.305 e. The number of aliphatic carboxylic acids is 1. The van der Waals surface area contributed by atoms with Crippen molar-refractivity contribution < 1.29 is 19.4 Å². The van der Waals surface area contributed by atoms with Crippen molar-refractivity contribution in [3.63, 3.8) is 0 Å². The van der Waals surface area contributed by atoms with Gasteiger partial charge in [0.25, 0.3) is 0 Å². The first kappa shape index (κ1) is 16.0. The van der Waals surface area contributed by atoms with E-state index in [1.54, 1.807) is 0 Å². The average Bonchev–Trinajstić information content (AvgIpc) is 2.77. The molecule has 0 aromatic carbocycles. The lowest BCUT2D eigenvalue weighted by molar-refractivity contribution is -0.139. The highest BCUT2D eigenvalue weighted by Gasteiger charge is 2.39. The zero-order chi connectivity index (χ0) is 14.5. The summed E-state index contributed by atoms with van der Waals surface area (Å²) in [6.07, 6.45) is 2.40. The molecular formula is C14H25NO4. The standard InChI is InChI=1S/C14H25NO4/c1-4-11(5-2)10(3)13(18)15-14(8-12(16)17)6-7-19-9-14/h10-11H,4-9H2,1-3H3,(H,15,18)(H,16,17). The molecule has 1 amide bonds. The van der Waals surface area contributed by atoms with Gasteiger partial charge in [-0.15, -0.1) is 0 Å². The predicted octanol–water partition coefficient (Wildman–Crippen LogP) is 1.81. The lowest BCUT2D eigenvalue weighted by Gasteiger charge is -2.30. The van der Waals surface area contributed by atoms with Crippen LogP contribution < -0.4 is 5.32 Å². The SMILES string of the molecule is CCC(CC)C(C)C(=O)NC1(CC(=O)O)CCOC1. The minimum Gasteiger partial charge on any atom is -0.481 e. The molecule has 1 heterocycles. The number of carbonyl (C=O) groups is 2. The molecule has 0 aromatic rings. The van der Waals surface area contributed by atoms with E-state index in [1.807, 2.05) is 6.92 Å². The van der Waals surface area contributed by atoms with E-state index in [2.05, 4.69) is 19.2 Å². The third-order valence-corrected chi connectivity index (χ3v) is 4.15. The summed E-state index contributed by atoms with van der Waals surface area (Å²) in [5.74, 6) is -0.716. The van der Waals surface area contributed by atoms with Crippen LogP contribution in [0.5, 0.6) is 0 Å². The second kappa shape index (κ2) is 6.89. The molecule has 19 heavy (non-hydrogen) atoms. The first-order valence-corrected chi connectivity index (χ1v) is 7.05. The van der Waals surface area contributed by atoms with Crippen LogP contribution in [-0.2, 0) is 14.3 Å². The van der Waals surface area contributed by atoms with Crippen molar-refractivity contribution in [2.45, 2.75) is 52.0 Å². The highest BCUT2D eigenvalue weighted by molar-refractivity contribution is 5.80. The van der Waals surface area contributed by atoms with Gasteiger partial charge in [-0.3, -0.25) is 9.59 Å². The van der Waals surface area contributed by atoms with Crippen molar-refractivity contribution >= 4 is 11.9 Å². The molecule has 1 aliphatic rings. The predicted molar refractivity (Wildman–Crippen MR) is 71.8 cm³/mol. The third kappa shape index (κ3) is 4.20. The van der Waals surface area contributed by atoms with Gasteiger partial charge in [0.15, 0.2) is 0 Å². The largest absolute Gasteiger partial charge is 0.481 e. The number of nitrogens with one attached hydrogen (secondary N) is 1. The maximum absolute atomic E-state index is 12.3. The molecule has 0 spiro atoms. The van der Waals surface area contributed by atoms with E-state index in [0.29, 0.717) is 25.6 Å². The van der Waals surface area contributed by atoms with Crippen LogP contribution in [-0.4, -0.2) is 35.7 Å². The summed E-state index contributed by atoms with van der Waals surface area (Å²) < 4.78 is 5.28. The second-order valence-electron chi connectivity index (χ2n) is 5.51. The van der Waals surface area contributed by atoms with Gasteiger partial charge in [-0.2, -0.15) is 0 Å². The Morgan fingerprint density at radius 1 is 1.37 bits per heavy atom. The van der Waals surface area contributed by atoms with Crippen molar-refractivity contribution in [2.75, 3.05) is 13.2 Å². The van der Waals surface area contributed by atoms with Crippen LogP contribution in [0.1, 0.15) is 46.5 Å². The Balaban J connectivity index is 2.68. The smallest absolute Gasteiger partial charge is 0.305 e. The molecule has 110 valence electrons. The molecule has 2 atom stereocenters. The number of carboxylic acid groups (broad SMARTS) is 1. The van der Waals surface area contributed by atoms with Gasteiger partial charge in [0.2, 0.25) is 5.91 Å². The van der Waals surface area contributed by atoms with Crippen LogP contribution in [0.25, 0.3) is 0 Å². The Morgan fingerprint density at radius 2 is 2.00 bits per heavy atom. The van der Waals surface area contributed by atoms with Gasteiger partial charge in [-0.05, 0) is 12.3 Å². The molecular weight excluding hydrogens is 246 g/mol. The van der Waals surface area contributed by atoms with E-state index in [1.165, 1.54) is 0 Å². The molecule has 5 heteroatoms. The summed E-state index contributed by atoms with van der Waals surface area (Å²) >= 11 is 0. The molecule has 5 nitrogen and oxygen atoms in total. The lowest BCUT2D eigenvalue weighted by atomic mass is 9.86. The first-order valence-electron chi connectivity index (χ1n) is 7.05. The molecule has 0 aliphatic carbocycles. The van der Waals surface area contributed by atoms with Gasteiger partial charge in [0, 0.05) is 12.5 Å². The Kier molecular flexibility index (Phi) is 5.79. The summed E-state index contributed by atoms with van der Waals surface area (Å²) in [6.45, 7) is 6.86. The normalized spacial score (nSPS) is 24.4. The van der Waals surface area contributed by atoms with Crippen LogP contribution in [0.3, 0.4) is 0 Å². The number of rotatable bonds is 7. The van der Waals surface area contributed by atoms with E-state index in [4.69, 9.17) is 9.84 Å². The fourth-order valence-corrected chi connectivity index (χ4v) is 2.76. The molecule has 2 unspecified atom stereocenters. The van der Waals surface area contributed by atoms with Gasteiger partial charge in [-0.1, -0.05) is 33.6 Å². The van der Waals surface area contributed by atoms with E-state index in [-0.39, 0.29) is 18.2 Å². The van der Waals surface area contributed by atoms with Crippen LogP contribution in [0.15, 0.2) is 0 Å². The monoisotopic (exact) mass is 271 g/mol. The zero-order valence-electron chi connectivity index (χ0n) is 12.1. The molecule has 1 fully saturated rings. The fourth-order valence-electron chi connectivity index (χ4n) is 2.76. The zero-order valence-corrected chi connectivity index (χ0v) is 12.1. The summed E-state index contributed by atoms with van der Waals surface area (Å²) in [7, 11) is 0. The second-order valence-corrected chi connectivity index (χ2v) is 5.51. The number of hydrogen-bond donors (Lipinski definition) is 2. The molecule has 1 saturated heterocycles. The lowest BCUT2D eigenvalue weighted by Crippen LogP contribution is -2.52. The first-order chi connectivity index (χ1) is 8.94. The van der Waals surface area contributed by atoms with Gasteiger partial charge in [0.1, 0.15) is 0 Å². The maximum atomic E-state index is 12.3. The molecule has 0 saturated carbocycles. The van der Waals surface area contributed by atoms with E-state index < -0.39 is 11.5 Å². The van der Waals surface area contributed by atoms with Crippen molar-refractivity contribution in [2.24, 2.45) is 11.8 Å². The van der Waals surface area contributed by atoms with E-state index >= 15 is 0 Å². The van der Waals surface area contributed by atoms with Crippen LogP contribution >= 0.6 is 0 Å². The minimum atomic E-state index is -0.902. The van der Waals surface area contributed by atoms with Gasteiger partial charge in [0.05, 0.1) is 18.6 Å². The Bertz CT molecular complexity index is 319. The number of carboxylic acids is 1. The van der Waals surface area contributed by atoms with Crippen LogP contribution in [0.2, 0.25) is 0 Å². The fraction of sp³-hybridized carbons (Fsp3) is 0.857. The molecule has 0 radical (unpaired) electrons. The quantitative estimate of drug-likeness (QED) is 0.740. The third-order valence-electron chi connectivity index (χ3n) is 4.15. The number of carbonyl (C=O) groups excluding carboxylic acids is 1. The summed E-state index contributed by atoms with van der Waals surface area (Å²) in [5, 5.41) is 11.9. The summed E-state index contributed by atoms with van der Waals surface area (Å²) in [5.41, 5.74) is -0.719. The number of ether oxygens (including phenoxy) is 1. The number of hydrogen-bond acceptors (Lipinski definition) is 3. The molecule has 0 aromatic heterocycles. The summed E-state index contributed by atoms with van der Waals surface area (Å²) in [6, 6.07) is 0. The van der Waals surface area contributed by atoms with Crippen molar-refractivity contribution in [1.82, 2.24) is 5.32 Å². The van der Waals surface area contributed by atoms with Crippen LogP contribution in [0.4, 0.5) is 0 Å². The molecule has 1 rings (SSSR count). The van der Waals surface area contributed by atoms with Crippen LogP contribution in [0, 0.1) is 11.8 Å². The Labute approximate surface area is 114 Å². The van der Waals surface area contributed by atoms with Crippen molar-refractivity contribution in [3.8, 4) is 0 Å². The van der Waals surface area contributed by atoms with Gasteiger partial charge >= 0.3 is 5.97 Å².